The summed E-state index contributed by atoms with van der Waals surface area (Å²) < 4.78 is 0. The average Bonchev–Trinajstić information content (AvgIpc) is 2.26. The van der Waals surface area contributed by atoms with Gasteiger partial charge in [0.2, 0.25) is 0 Å². The van der Waals surface area contributed by atoms with Crippen LogP contribution in [0.3, 0.4) is 0 Å². The van der Waals surface area contributed by atoms with Gasteiger partial charge < -0.3 is 10.2 Å². The largest absolute Gasteiger partial charge is 0.479 e. The van der Waals surface area contributed by atoms with Crippen LogP contribution in [0, 0.1) is 17.8 Å². The first kappa shape index (κ1) is 16.4. The molecule has 0 saturated carbocycles. The standard InChI is InChI=1S/C12H22O4S/c1-5-7(3)9(10(13)17)12(16,11(14)15)8(4)6-2/h7-9,16H,5-6H2,1-4H3,(H,13,17)(H,14,15). The second-order valence-electron chi connectivity index (χ2n) is 4.64. The summed E-state index contributed by atoms with van der Waals surface area (Å²) in [6.07, 6.45) is 1.10. The molecule has 0 bridgehead atoms. The van der Waals surface area contributed by atoms with Crippen LogP contribution in [0.2, 0.25) is 0 Å². The number of hydrogen-bond donors (Lipinski definition) is 3. The summed E-state index contributed by atoms with van der Waals surface area (Å²) in [4.78, 5) is 22.9. The van der Waals surface area contributed by atoms with Crippen LogP contribution in [0.1, 0.15) is 40.5 Å². The predicted molar refractivity (Wildman–Crippen MR) is 69.0 cm³/mol. The number of carboxylic acid groups (broad SMARTS) is 1. The molecule has 0 aromatic heterocycles. The summed E-state index contributed by atoms with van der Waals surface area (Å²) in [6.45, 7) is 7.04. The van der Waals surface area contributed by atoms with Gasteiger partial charge in [-0.2, -0.15) is 0 Å². The van der Waals surface area contributed by atoms with E-state index in [9.17, 15) is 19.8 Å². The molecule has 2 N–H and O–H groups in total. The van der Waals surface area contributed by atoms with E-state index in [1.165, 1.54) is 0 Å². The molecule has 0 fully saturated rings. The molecule has 0 aromatic rings. The Morgan fingerprint density at radius 3 is 1.94 bits per heavy atom. The molecule has 0 aliphatic carbocycles. The van der Waals surface area contributed by atoms with Crippen molar-refractivity contribution in [1.29, 1.82) is 0 Å². The highest BCUT2D eigenvalue weighted by molar-refractivity contribution is 7.96. The van der Waals surface area contributed by atoms with Crippen molar-refractivity contribution in [3.63, 3.8) is 0 Å². The maximum Gasteiger partial charge on any atom is 0.336 e. The number of carboxylic acids is 1. The summed E-state index contributed by atoms with van der Waals surface area (Å²) >= 11 is 3.75. The SMILES string of the molecule is CCC(C)C(C(=O)S)C(O)(C(=O)O)C(C)CC. The van der Waals surface area contributed by atoms with Gasteiger partial charge in [-0.05, 0) is 11.8 Å². The molecular weight excluding hydrogens is 240 g/mol. The van der Waals surface area contributed by atoms with Gasteiger partial charge in [0.05, 0.1) is 5.92 Å². The fraction of sp³-hybridized carbons (Fsp3) is 0.833. The van der Waals surface area contributed by atoms with E-state index < -0.39 is 28.5 Å². The molecule has 4 unspecified atom stereocenters. The Hall–Kier alpha value is -0.550. The van der Waals surface area contributed by atoms with E-state index in [1.807, 2.05) is 6.92 Å². The molecule has 100 valence electrons. The normalized spacial score (nSPS) is 20.1. The summed E-state index contributed by atoms with van der Waals surface area (Å²) in [6, 6.07) is 0. The topological polar surface area (TPSA) is 74.6 Å². The molecule has 0 radical (unpaired) electrons. The Labute approximate surface area is 108 Å². The molecular formula is C12H22O4S. The molecule has 0 saturated heterocycles. The summed E-state index contributed by atoms with van der Waals surface area (Å²) in [5.41, 5.74) is -2.04. The van der Waals surface area contributed by atoms with Crippen LogP contribution in [0.4, 0.5) is 0 Å². The maximum atomic E-state index is 11.6. The van der Waals surface area contributed by atoms with Crippen molar-refractivity contribution in [2.45, 2.75) is 46.1 Å². The molecule has 0 heterocycles. The maximum absolute atomic E-state index is 11.6. The number of aliphatic carboxylic acids is 1. The van der Waals surface area contributed by atoms with Crippen LogP contribution in [0.25, 0.3) is 0 Å². The third-order valence-electron chi connectivity index (χ3n) is 3.66. The van der Waals surface area contributed by atoms with E-state index in [0.717, 1.165) is 0 Å². The van der Waals surface area contributed by atoms with E-state index in [2.05, 4.69) is 12.6 Å². The first-order valence-electron chi connectivity index (χ1n) is 5.91. The molecule has 17 heavy (non-hydrogen) atoms. The Kier molecular flexibility index (Phi) is 6.19. The average molecular weight is 262 g/mol. The minimum atomic E-state index is -2.04. The van der Waals surface area contributed by atoms with E-state index in [-0.39, 0.29) is 5.92 Å². The monoisotopic (exact) mass is 262 g/mol. The number of rotatable bonds is 7. The van der Waals surface area contributed by atoms with Crippen LogP contribution in [0.15, 0.2) is 0 Å². The lowest BCUT2D eigenvalue weighted by Gasteiger charge is -2.38. The Morgan fingerprint density at radius 2 is 1.71 bits per heavy atom. The van der Waals surface area contributed by atoms with Gasteiger partial charge in [0.15, 0.2) is 10.7 Å². The van der Waals surface area contributed by atoms with Gasteiger partial charge in [0.25, 0.3) is 0 Å². The van der Waals surface area contributed by atoms with Crippen molar-refractivity contribution in [1.82, 2.24) is 0 Å². The molecule has 4 atom stereocenters. The fourth-order valence-electron chi connectivity index (χ4n) is 2.06. The Balaban J connectivity index is 5.53. The summed E-state index contributed by atoms with van der Waals surface area (Å²) in [7, 11) is 0. The fourth-order valence-corrected chi connectivity index (χ4v) is 2.51. The highest BCUT2D eigenvalue weighted by Gasteiger charge is 2.52. The van der Waals surface area contributed by atoms with Crippen LogP contribution < -0.4 is 0 Å². The summed E-state index contributed by atoms with van der Waals surface area (Å²) in [5, 5.41) is 19.1. The van der Waals surface area contributed by atoms with Crippen molar-refractivity contribution in [2.75, 3.05) is 0 Å². The molecule has 4 nitrogen and oxygen atoms in total. The van der Waals surface area contributed by atoms with Crippen LogP contribution in [-0.2, 0) is 9.59 Å². The molecule has 0 aliphatic rings. The lowest BCUT2D eigenvalue weighted by Crippen LogP contribution is -2.55. The van der Waals surface area contributed by atoms with Crippen molar-refractivity contribution in [3.8, 4) is 0 Å². The van der Waals surface area contributed by atoms with Crippen LogP contribution in [-0.4, -0.2) is 26.9 Å². The minimum absolute atomic E-state index is 0.227. The first-order valence-corrected chi connectivity index (χ1v) is 6.36. The smallest absolute Gasteiger partial charge is 0.336 e. The van der Waals surface area contributed by atoms with E-state index >= 15 is 0 Å². The van der Waals surface area contributed by atoms with Gasteiger partial charge in [-0.3, -0.25) is 4.79 Å². The van der Waals surface area contributed by atoms with Crippen molar-refractivity contribution < 1.29 is 19.8 Å². The van der Waals surface area contributed by atoms with E-state index in [1.54, 1.807) is 20.8 Å². The van der Waals surface area contributed by atoms with Gasteiger partial charge in [0.1, 0.15) is 0 Å². The molecule has 0 amide bonds. The zero-order valence-corrected chi connectivity index (χ0v) is 11.7. The molecule has 0 aliphatic heterocycles. The number of hydrogen-bond acceptors (Lipinski definition) is 3. The van der Waals surface area contributed by atoms with Gasteiger partial charge in [0, 0.05) is 0 Å². The first-order chi connectivity index (χ1) is 7.73. The second kappa shape index (κ2) is 6.40. The highest BCUT2D eigenvalue weighted by atomic mass is 32.1. The number of carbonyl (C=O) groups is 2. The third-order valence-corrected chi connectivity index (χ3v) is 3.94. The van der Waals surface area contributed by atoms with E-state index in [0.29, 0.717) is 12.8 Å². The lowest BCUT2D eigenvalue weighted by molar-refractivity contribution is -0.177. The van der Waals surface area contributed by atoms with Crippen molar-refractivity contribution in [3.05, 3.63) is 0 Å². The highest BCUT2D eigenvalue weighted by Crippen LogP contribution is 2.36. The zero-order valence-electron chi connectivity index (χ0n) is 10.8. The Morgan fingerprint density at radius 1 is 1.24 bits per heavy atom. The third kappa shape index (κ3) is 3.22. The van der Waals surface area contributed by atoms with Crippen LogP contribution >= 0.6 is 12.6 Å². The van der Waals surface area contributed by atoms with Crippen molar-refractivity contribution in [2.24, 2.45) is 17.8 Å². The number of thiol groups is 1. The second-order valence-corrected chi connectivity index (χ2v) is 5.08. The zero-order chi connectivity index (χ0) is 13.8. The van der Waals surface area contributed by atoms with E-state index in [4.69, 9.17) is 0 Å². The van der Waals surface area contributed by atoms with Gasteiger partial charge in [-0.15, -0.1) is 12.6 Å². The minimum Gasteiger partial charge on any atom is -0.479 e. The quantitative estimate of drug-likeness (QED) is 0.613. The Bertz CT molecular complexity index is 292. The van der Waals surface area contributed by atoms with Crippen LogP contribution in [0.5, 0.6) is 0 Å². The number of aliphatic hydroxyl groups is 1. The van der Waals surface area contributed by atoms with Gasteiger partial charge in [-0.25, -0.2) is 4.79 Å². The molecule has 0 aromatic carbocycles. The molecule has 0 spiro atoms. The summed E-state index contributed by atoms with van der Waals surface area (Å²) in [5.74, 6) is -3.06. The number of carbonyl (C=O) groups excluding carboxylic acids is 1. The predicted octanol–water partition coefficient (Wildman–Crippen LogP) is 1.97. The van der Waals surface area contributed by atoms with Gasteiger partial charge in [-0.1, -0.05) is 40.5 Å². The van der Waals surface area contributed by atoms with Gasteiger partial charge >= 0.3 is 5.97 Å². The molecule has 0 rings (SSSR count). The van der Waals surface area contributed by atoms with Crippen molar-refractivity contribution >= 4 is 23.7 Å². The lowest BCUT2D eigenvalue weighted by atomic mass is 9.71. The molecule has 5 heteroatoms.